The Balaban J connectivity index is 2.02. The van der Waals surface area contributed by atoms with Gasteiger partial charge >= 0.3 is 0 Å². The van der Waals surface area contributed by atoms with Crippen LogP contribution < -0.4 is 4.57 Å². The number of nitrogens with zero attached hydrogens (tertiary/aromatic N) is 1. The van der Waals surface area contributed by atoms with Crippen molar-refractivity contribution < 1.29 is 4.57 Å². The number of hydrogen-bond donors (Lipinski definition) is 0. The van der Waals surface area contributed by atoms with Crippen molar-refractivity contribution in [2.75, 3.05) is 0 Å². The standard InChI is InChI=1S/C20H20N/c1-14(2)17-8-3-4-9-18(17)19-11-10-15-6-5-7-16-12-13-21(19)20(15)16/h3-11,14H,12-13H2,1-2H3/q+1. The Bertz CT molecular complexity index is 830. The van der Waals surface area contributed by atoms with E-state index in [4.69, 9.17) is 0 Å². The summed E-state index contributed by atoms with van der Waals surface area (Å²) < 4.78 is 2.51. The van der Waals surface area contributed by atoms with E-state index in [1.807, 2.05) is 0 Å². The van der Waals surface area contributed by atoms with Crippen LogP contribution in [0, 0.1) is 0 Å². The molecule has 1 nitrogen and oxygen atoms in total. The molecule has 21 heavy (non-hydrogen) atoms. The summed E-state index contributed by atoms with van der Waals surface area (Å²) in [7, 11) is 0. The topological polar surface area (TPSA) is 3.88 Å². The highest BCUT2D eigenvalue weighted by atomic mass is 15.0. The van der Waals surface area contributed by atoms with Crippen molar-refractivity contribution >= 4 is 10.9 Å². The highest BCUT2D eigenvalue weighted by molar-refractivity contribution is 5.81. The van der Waals surface area contributed by atoms with E-state index in [1.165, 1.54) is 33.3 Å². The van der Waals surface area contributed by atoms with Crippen LogP contribution in [0.4, 0.5) is 0 Å². The van der Waals surface area contributed by atoms with Crippen LogP contribution in [0.2, 0.25) is 0 Å². The van der Waals surface area contributed by atoms with Gasteiger partial charge in [-0.3, -0.25) is 0 Å². The Morgan fingerprint density at radius 1 is 0.905 bits per heavy atom. The molecule has 0 spiro atoms. The van der Waals surface area contributed by atoms with Gasteiger partial charge < -0.3 is 0 Å². The van der Waals surface area contributed by atoms with Crippen molar-refractivity contribution in [1.82, 2.24) is 0 Å². The average molecular weight is 274 g/mol. The van der Waals surface area contributed by atoms with Gasteiger partial charge in [-0.05, 0) is 29.7 Å². The first-order chi connectivity index (χ1) is 10.3. The number of aromatic nitrogens is 1. The zero-order valence-electron chi connectivity index (χ0n) is 12.6. The Hall–Kier alpha value is -2.15. The Morgan fingerprint density at radius 3 is 2.62 bits per heavy atom. The summed E-state index contributed by atoms with van der Waals surface area (Å²) in [6, 6.07) is 20.1. The molecule has 0 amide bonds. The number of rotatable bonds is 2. The zero-order valence-corrected chi connectivity index (χ0v) is 12.6. The predicted molar refractivity (Wildman–Crippen MR) is 87.4 cm³/mol. The van der Waals surface area contributed by atoms with E-state index in [2.05, 4.69) is 73.0 Å². The Labute approximate surface area is 125 Å². The first kappa shape index (κ1) is 12.6. The SMILES string of the molecule is CC(C)c1ccccc1-c1ccc2cccc3c2[n+]1CC3. The molecule has 0 aliphatic carbocycles. The number of hydrogen-bond acceptors (Lipinski definition) is 0. The van der Waals surface area contributed by atoms with Gasteiger partial charge in [-0.2, -0.15) is 4.57 Å². The summed E-state index contributed by atoms with van der Waals surface area (Å²) in [4.78, 5) is 0. The maximum atomic E-state index is 2.51. The fourth-order valence-electron chi connectivity index (χ4n) is 3.59. The lowest BCUT2D eigenvalue weighted by Gasteiger charge is -2.11. The normalized spacial score (nSPS) is 13.3. The van der Waals surface area contributed by atoms with Crippen LogP contribution in [0.5, 0.6) is 0 Å². The number of pyridine rings is 1. The van der Waals surface area contributed by atoms with Gasteiger partial charge in [0, 0.05) is 29.0 Å². The molecule has 0 atom stereocenters. The molecule has 0 bridgehead atoms. The number of benzene rings is 2. The Morgan fingerprint density at radius 2 is 1.76 bits per heavy atom. The molecule has 2 aromatic carbocycles. The maximum absolute atomic E-state index is 2.51. The molecule has 1 heteroatoms. The molecule has 4 rings (SSSR count). The highest BCUT2D eigenvalue weighted by Gasteiger charge is 2.26. The highest BCUT2D eigenvalue weighted by Crippen LogP contribution is 2.30. The maximum Gasteiger partial charge on any atom is 0.216 e. The third-order valence-electron chi connectivity index (χ3n) is 4.60. The molecule has 1 aliphatic rings. The largest absolute Gasteiger partial charge is 0.216 e. The predicted octanol–water partition coefficient (Wildman–Crippen LogP) is 4.47. The van der Waals surface area contributed by atoms with Gasteiger partial charge in [0.05, 0.1) is 0 Å². The summed E-state index contributed by atoms with van der Waals surface area (Å²) >= 11 is 0. The van der Waals surface area contributed by atoms with Gasteiger partial charge in [0.2, 0.25) is 11.2 Å². The minimum Gasteiger partial charge on any atom is -0.191 e. The quantitative estimate of drug-likeness (QED) is 0.607. The summed E-state index contributed by atoms with van der Waals surface area (Å²) in [6.45, 7) is 5.64. The lowest BCUT2D eigenvalue weighted by molar-refractivity contribution is -0.653. The second kappa shape index (κ2) is 4.70. The Kier molecular flexibility index (Phi) is 2.81. The van der Waals surface area contributed by atoms with Crippen LogP contribution in [-0.2, 0) is 13.0 Å². The van der Waals surface area contributed by atoms with E-state index in [0.717, 1.165) is 13.0 Å². The second-order valence-electron chi connectivity index (χ2n) is 6.22. The molecule has 1 aliphatic heterocycles. The molecular weight excluding hydrogens is 254 g/mol. The number of aryl methyl sites for hydroxylation is 2. The third kappa shape index (κ3) is 1.88. The summed E-state index contributed by atoms with van der Waals surface area (Å²) in [5.41, 5.74) is 7.08. The summed E-state index contributed by atoms with van der Waals surface area (Å²) in [5, 5.41) is 1.36. The molecule has 0 saturated carbocycles. The van der Waals surface area contributed by atoms with E-state index in [-0.39, 0.29) is 0 Å². The minimum absolute atomic E-state index is 0.543. The average Bonchev–Trinajstić information content (AvgIpc) is 2.94. The third-order valence-corrected chi connectivity index (χ3v) is 4.60. The van der Waals surface area contributed by atoms with Crippen molar-refractivity contribution in [3.8, 4) is 11.3 Å². The van der Waals surface area contributed by atoms with Gasteiger partial charge in [0.25, 0.3) is 0 Å². The molecule has 0 radical (unpaired) electrons. The lowest BCUT2D eigenvalue weighted by Crippen LogP contribution is -2.34. The van der Waals surface area contributed by atoms with Gasteiger partial charge in [0.1, 0.15) is 0 Å². The van der Waals surface area contributed by atoms with Crippen LogP contribution in [0.15, 0.2) is 54.6 Å². The van der Waals surface area contributed by atoms with Crippen LogP contribution in [0.1, 0.15) is 30.9 Å². The van der Waals surface area contributed by atoms with E-state index < -0.39 is 0 Å². The van der Waals surface area contributed by atoms with E-state index in [9.17, 15) is 0 Å². The van der Waals surface area contributed by atoms with Crippen molar-refractivity contribution in [1.29, 1.82) is 0 Å². The molecule has 0 unspecified atom stereocenters. The van der Waals surface area contributed by atoms with Crippen molar-refractivity contribution in [2.24, 2.45) is 0 Å². The smallest absolute Gasteiger partial charge is 0.191 e. The van der Waals surface area contributed by atoms with E-state index in [0.29, 0.717) is 5.92 Å². The molecule has 2 heterocycles. The van der Waals surface area contributed by atoms with Crippen molar-refractivity contribution in [3.63, 3.8) is 0 Å². The van der Waals surface area contributed by atoms with Gasteiger partial charge in [-0.1, -0.05) is 44.2 Å². The van der Waals surface area contributed by atoms with Crippen molar-refractivity contribution in [3.05, 3.63) is 65.7 Å². The molecular formula is C20H20N+. The first-order valence-corrected chi connectivity index (χ1v) is 7.79. The van der Waals surface area contributed by atoms with Crippen LogP contribution in [0.3, 0.4) is 0 Å². The molecule has 0 fully saturated rings. The lowest BCUT2D eigenvalue weighted by atomic mass is 9.94. The molecule has 0 N–H and O–H groups in total. The molecule has 3 aromatic rings. The van der Waals surface area contributed by atoms with Crippen molar-refractivity contribution in [2.45, 2.75) is 32.7 Å². The van der Waals surface area contributed by atoms with Crippen LogP contribution in [-0.4, -0.2) is 0 Å². The zero-order chi connectivity index (χ0) is 14.4. The second-order valence-corrected chi connectivity index (χ2v) is 6.22. The van der Waals surface area contributed by atoms with Gasteiger partial charge in [-0.15, -0.1) is 0 Å². The molecule has 1 aromatic heterocycles. The summed E-state index contributed by atoms with van der Waals surface area (Å²) in [5.74, 6) is 0.543. The van der Waals surface area contributed by atoms with E-state index in [1.54, 1.807) is 0 Å². The fourth-order valence-corrected chi connectivity index (χ4v) is 3.59. The van der Waals surface area contributed by atoms with Crippen LogP contribution >= 0.6 is 0 Å². The van der Waals surface area contributed by atoms with Crippen LogP contribution in [0.25, 0.3) is 22.2 Å². The monoisotopic (exact) mass is 274 g/mol. The fraction of sp³-hybridized carbons (Fsp3) is 0.250. The first-order valence-electron chi connectivity index (χ1n) is 7.79. The molecule has 0 saturated heterocycles. The van der Waals surface area contributed by atoms with Gasteiger partial charge in [0.15, 0.2) is 6.54 Å². The molecule has 104 valence electrons. The minimum atomic E-state index is 0.543. The number of para-hydroxylation sites is 1. The van der Waals surface area contributed by atoms with E-state index >= 15 is 0 Å². The summed E-state index contributed by atoms with van der Waals surface area (Å²) in [6.07, 6.45) is 1.15. The van der Waals surface area contributed by atoms with Gasteiger partial charge in [-0.25, -0.2) is 0 Å².